The molecule has 1 unspecified atom stereocenters. The third-order valence-electron chi connectivity index (χ3n) is 3.13. The predicted octanol–water partition coefficient (Wildman–Crippen LogP) is 3.89. The van der Waals surface area contributed by atoms with Crippen molar-refractivity contribution in [3.8, 4) is 0 Å². The summed E-state index contributed by atoms with van der Waals surface area (Å²) in [5.74, 6) is -0.268. The lowest BCUT2D eigenvalue weighted by molar-refractivity contribution is -0.117. The van der Waals surface area contributed by atoms with E-state index in [4.69, 9.17) is 28.9 Å². The molecule has 2 rings (SSSR count). The molecule has 0 saturated carbocycles. The molecule has 0 radical (unpaired) electrons. The van der Waals surface area contributed by atoms with Gasteiger partial charge < -0.3 is 11.1 Å². The Labute approximate surface area is 134 Å². The van der Waals surface area contributed by atoms with E-state index in [9.17, 15) is 4.79 Å². The van der Waals surface area contributed by atoms with E-state index < -0.39 is 6.04 Å². The number of hydrogen-bond acceptors (Lipinski definition) is 2. The lowest BCUT2D eigenvalue weighted by Crippen LogP contribution is -2.36. The van der Waals surface area contributed by atoms with Gasteiger partial charge in [0.25, 0.3) is 0 Å². The Morgan fingerprint density at radius 3 is 2.52 bits per heavy atom. The molecular formula is C16H16Cl2N2O. The van der Waals surface area contributed by atoms with Gasteiger partial charge in [-0.1, -0.05) is 59.6 Å². The summed E-state index contributed by atoms with van der Waals surface area (Å²) in [6.45, 7) is 0. The van der Waals surface area contributed by atoms with Gasteiger partial charge >= 0.3 is 0 Å². The third kappa shape index (κ3) is 4.46. The maximum absolute atomic E-state index is 12.1. The molecule has 3 nitrogen and oxygen atoms in total. The maximum Gasteiger partial charge on any atom is 0.241 e. The molecule has 0 spiro atoms. The highest BCUT2D eigenvalue weighted by Gasteiger charge is 2.15. The van der Waals surface area contributed by atoms with Gasteiger partial charge in [-0.2, -0.15) is 0 Å². The van der Waals surface area contributed by atoms with Crippen molar-refractivity contribution in [2.24, 2.45) is 5.73 Å². The number of benzene rings is 2. The molecule has 0 heterocycles. The summed E-state index contributed by atoms with van der Waals surface area (Å²) in [6.07, 6.45) is 1.31. The van der Waals surface area contributed by atoms with E-state index in [2.05, 4.69) is 5.32 Å². The highest BCUT2D eigenvalue weighted by Crippen LogP contribution is 2.29. The van der Waals surface area contributed by atoms with Crippen LogP contribution < -0.4 is 11.1 Å². The van der Waals surface area contributed by atoms with Crippen molar-refractivity contribution in [3.63, 3.8) is 0 Å². The van der Waals surface area contributed by atoms with Gasteiger partial charge in [0.1, 0.15) is 0 Å². The first-order chi connectivity index (χ1) is 10.1. The van der Waals surface area contributed by atoms with Gasteiger partial charge in [0.2, 0.25) is 5.91 Å². The van der Waals surface area contributed by atoms with Crippen LogP contribution in [0.3, 0.4) is 0 Å². The number of anilines is 1. The van der Waals surface area contributed by atoms with Crippen molar-refractivity contribution in [3.05, 3.63) is 64.1 Å². The maximum atomic E-state index is 12.1. The summed E-state index contributed by atoms with van der Waals surface area (Å²) in [7, 11) is 0. The zero-order valence-electron chi connectivity index (χ0n) is 11.4. The number of halogens is 2. The molecule has 2 aromatic rings. The summed E-state index contributed by atoms with van der Waals surface area (Å²) >= 11 is 11.9. The smallest absolute Gasteiger partial charge is 0.241 e. The Hall–Kier alpha value is -1.55. The van der Waals surface area contributed by atoms with Crippen LogP contribution in [-0.2, 0) is 11.2 Å². The van der Waals surface area contributed by atoms with E-state index in [-0.39, 0.29) is 5.91 Å². The fraction of sp³-hybridized carbons (Fsp3) is 0.188. The number of nitrogens with two attached hydrogens (primary N) is 1. The van der Waals surface area contributed by atoms with Crippen molar-refractivity contribution in [1.82, 2.24) is 0 Å². The van der Waals surface area contributed by atoms with Crippen LogP contribution in [0, 0.1) is 0 Å². The number of hydrogen-bond donors (Lipinski definition) is 2. The van der Waals surface area contributed by atoms with E-state index >= 15 is 0 Å². The predicted molar refractivity (Wildman–Crippen MR) is 87.8 cm³/mol. The quantitative estimate of drug-likeness (QED) is 0.877. The second kappa shape index (κ2) is 7.46. The first kappa shape index (κ1) is 15.8. The fourth-order valence-corrected chi connectivity index (χ4v) is 2.27. The number of carbonyl (C=O) groups is 1. The van der Waals surface area contributed by atoms with Crippen LogP contribution in [0.5, 0.6) is 0 Å². The molecule has 0 bridgehead atoms. The first-order valence-corrected chi connectivity index (χ1v) is 7.38. The summed E-state index contributed by atoms with van der Waals surface area (Å²) in [5.41, 5.74) is 7.54. The third-order valence-corrected chi connectivity index (χ3v) is 3.95. The highest BCUT2D eigenvalue weighted by molar-refractivity contribution is 6.44. The minimum Gasteiger partial charge on any atom is -0.323 e. The average Bonchev–Trinajstić information content (AvgIpc) is 2.50. The van der Waals surface area contributed by atoms with Crippen LogP contribution >= 0.6 is 23.2 Å². The van der Waals surface area contributed by atoms with Crippen molar-refractivity contribution >= 4 is 34.8 Å². The van der Waals surface area contributed by atoms with Crippen molar-refractivity contribution in [1.29, 1.82) is 0 Å². The number of aryl methyl sites for hydroxylation is 1. The topological polar surface area (TPSA) is 55.1 Å². The van der Waals surface area contributed by atoms with Crippen molar-refractivity contribution in [2.45, 2.75) is 18.9 Å². The molecule has 5 heteroatoms. The molecule has 0 aromatic heterocycles. The summed E-state index contributed by atoms with van der Waals surface area (Å²) in [5, 5.41) is 3.42. The van der Waals surface area contributed by atoms with Gasteiger partial charge in [-0.25, -0.2) is 0 Å². The van der Waals surface area contributed by atoms with Crippen LogP contribution in [0.2, 0.25) is 10.0 Å². The van der Waals surface area contributed by atoms with Crippen LogP contribution in [-0.4, -0.2) is 11.9 Å². The zero-order chi connectivity index (χ0) is 15.2. The van der Waals surface area contributed by atoms with Crippen LogP contribution in [0.1, 0.15) is 12.0 Å². The van der Waals surface area contributed by atoms with E-state index in [0.717, 1.165) is 12.0 Å². The molecule has 0 fully saturated rings. The van der Waals surface area contributed by atoms with E-state index in [0.29, 0.717) is 22.2 Å². The SMILES string of the molecule is NC(CCc1ccccc1)C(=O)Nc1cccc(Cl)c1Cl. The first-order valence-electron chi connectivity index (χ1n) is 6.62. The lowest BCUT2D eigenvalue weighted by Gasteiger charge is -2.13. The second-order valence-corrected chi connectivity index (χ2v) is 5.51. The molecule has 3 N–H and O–H groups in total. The van der Waals surface area contributed by atoms with Crippen LogP contribution in [0.15, 0.2) is 48.5 Å². The monoisotopic (exact) mass is 322 g/mol. The summed E-state index contributed by atoms with van der Waals surface area (Å²) < 4.78 is 0. The molecule has 21 heavy (non-hydrogen) atoms. The van der Waals surface area contributed by atoms with E-state index in [1.165, 1.54) is 0 Å². The van der Waals surface area contributed by atoms with Gasteiger partial charge in [-0.05, 0) is 30.5 Å². The zero-order valence-corrected chi connectivity index (χ0v) is 12.9. The number of amides is 1. The molecule has 1 atom stereocenters. The minimum atomic E-state index is -0.597. The highest BCUT2D eigenvalue weighted by atomic mass is 35.5. The van der Waals surface area contributed by atoms with Crippen LogP contribution in [0.4, 0.5) is 5.69 Å². The molecule has 0 aliphatic carbocycles. The Kier molecular flexibility index (Phi) is 5.62. The standard InChI is InChI=1S/C16H16Cl2N2O/c17-12-7-4-8-14(15(12)18)20-16(21)13(19)10-9-11-5-2-1-3-6-11/h1-8,13H,9-10,19H2,(H,20,21). The Morgan fingerprint density at radius 2 is 1.81 bits per heavy atom. The normalized spacial score (nSPS) is 12.0. The molecule has 110 valence electrons. The van der Waals surface area contributed by atoms with Gasteiger partial charge in [0.15, 0.2) is 0 Å². The summed E-state index contributed by atoms with van der Waals surface area (Å²) in [6, 6.07) is 14.4. The molecule has 0 aliphatic heterocycles. The number of rotatable bonds is 5. The Morgan fingerprint density at radius 1 is 1.10 bits per heavy atom. The van der Waals surface area contributed by atoms with Gasteiger partial charge in [-0.3, -0.25) is 4.79 Å². The fourth-order valence-electron chi connectivity index (χ4n) is 1.92. The summed E-state index contributed by atoms with van der Waals surface area (Å²) in [4.78, 5) is 12.1. The largest absolute Gasteiger partial charge is 0.323 e. The molecular weight excluding hydrogens is 307 g/mol. The van der Waals surface area contributed by atoms with Crippen molar-refractivity contribution < 1.29 is 4.79 Å². The van der Waals surface area contributed by atoms with E-state index in [1.807, 2.05) is 30.3 Å². The minimum absolute atomic E-state index is 0.268. The number of nitrogens with one attached hydrogen (secondary N) is 1. The number of carbonyl (C=O) groups excluding carboxylic acids is 1. The van der Waals surface area contributed by atoms with Gasteiger partial charge in [0.05, 0.1) is 21.8 Å². The lowest BCUT2D eigenvalue weighted by atomic mass is 10.1. The van der Waals surface area contributed by atoms with Crippen molar-refractivity contribution in [2.75, 3.05) is 5.32 Å². The molecule has 0 saturated heterocycles. The molecule has 1 amide bonds. The van der Waals surface area contributed by atoms with E-state index in [1.54, 1.807) is 18.2 Å². The van der Waals surface area contributed by atoms with Crippen LogP contribution in [0.25, 0.3) is 0 Å². The Bertz CT molecular complexity index is 617. The van der Waals surface area contributed by atoms with Gasteiger partial charge in [0, 0.05) is 0 Å². The van der Waals surface area contributed by atoms with Gasteiger partial charge in [-0.15, -0.1) is 0 Å². The second-order valence-electron chi connectivity index (χ2n) is 4.72. The molecule has 0 aliphatic rings. The average molecular weight is 323 g/mol. The Balaban J connectivity index is 1.92. The molecule has 2 aromatic carbocycles.